The van der Waals surface area contributed by atoms with Gasteiger partial charge in [-0.05, 0) is 114 Å². The number of ether oxygens (including phenoxy) is 5. The van der Waals surface area contributed by atoms with Gasteiger partial charge < -0.3 is 37.0 Å². The van der Waals surface area contributed by atoms with E-state index in [-0.39, 0.29) is 23.0 Å². The summed E-state index contributed by atoms with van der Waals surface area (Å²) >= 11 is 0. The molecular weight excluding hydrogens is 853 g/mol. The van der Waals surface area contributed by atoms with Crippen molar-refractivity contribution >= 4 is 34.8 Å². The molecule has 14 heteroatoms. The third-order valence-corrected chi connectivity index (χ3v) is 20.6. The molecule has 2 saturated heterocycles. The van der Waals surface area contributed by atoms with Crippen LogP contribution in [0.4, 0.5) is 0 Å². The summed E-state index contributed by atoms with van der Waals surface area (Å²) in [6.45, 7) is 29.4. The monoisotopic (exact) mass is 928 g/mol. The Labute approximate surface area is 377 Å². The highest BCUT2D eigenvalue weighted by Gasteiger charge is 2.57. The van der Waals surface area contributed by atoms with Crippen molar-refractivity contribution in [3.05, 3.63) is 96.1 Å². The van der Waals surface area contributed by atoms with Gasteiger partial charge in [-0.2, -0.15) is 0 Å². The zero-order valence-electron chi connectivity index (χ0n) is 40.0. The lowest BCUT2D eigenvalue weighted by Gasteiger charge is -2.44. The van der Waals surface area contributed by atoms with Crippen LogP contribution in [-0.4, -0.2) is 94.6 Å². The van der Waals surface area contributed by atoms with Gasteiger partial charge in [-0.3, -0.25) is 0 Å². The molecule has 0 N–H and O–H groups in total. The predicted octanol–water partition coefficient (Wildman–Crippen LogP) is 11.1. The molecule has 0 radical (unpaired) electrons. The van der Waals surface area contributed by atoms with Gasteiger partial charge in [0, 0.05) is 18.4 Å². The van der Waals surface area contributed by atoms with Crippen LogP contribution in [0, 0.1) is 0 Å². The lowest BCUT2D eigenvalue weighted by atomic mass is 9.87. The maximum Gasteiger partial charge on any atom is 0.192 e. The van der Waals surface area contributed by atoms with E-state index in [1.807, 2.05) is 60.7 Å². The van der Waals surface area contributed by atoms with E-state index in [0.29, 0.717) is 43.8 Å². The van der Waals surface area contributed by atoms with Crippen LogP contribution in [-0.2, 0) is 48.7 Å². The number of sulfone groups is 1. The number of rotatable bonds is 20. The molecule has 0 amide bonds. The van der Waals surface area contributed by atoms with E-state index in [0.717, 1.165) is 16.9 Å². The molecule has 8 atom stereocenters. The van der Waals surface area contributed by atoms with E-state index in [2.05, 4.69) is 87.0 Å². The minimum Gasteiger partial charge on any atom is -0.497 e. The Kier molecular flexibility index (Phi) is 16.5. The third-order valence-electron chi connectivity index (χ3n) is 12.3. The summed E-state index contributed by atoms with van der Waals surface area (Å²) in [5.41, 5.74) is 0.207. The summed E-state index contributed by atoms with van der Waals surface area (Å²) in [6.07, 6.45) is -0.947. The maximum absolute atomic E-state index is 13.8. The second-order valence-corrected chi connectivity index (χ2v) is 36.9. The van der Waals surface area contributed by atoms with Crippen LogP contribution in [0.5, 0.6) is 5.75 Å². The van der Waals surface area contributed by atoms with Crippen LogP contribution < -0.4 is 4.74 Å². The van der Waals surface area contributed by atoms with Crippen molar-refractivity contribution in [2.45, 2.75) is 177 Å². The molecule has 0 spiro atoms. The molecule has 0 aromatic heterocycles. The van der Waals surface area contributed by atoms with Gasteiger partial charge in [0.2, 0.25) is 0 Å². The average molecular weight is 929 g/mol. The summed E-state index contributed by atoms with van der Waals surface area (Å²) in [5, 5.41) is -0.0794. The number of hydrogen-bond donors (Lipinski definition) is 0. The molecule has 3 aromatic rings. The van der Waals surface area contributed by atoms with Crippen molar-refractivity contribution in [2.24, 2.45) is 0 Å². The van der Waals surface area contributed by atoms with Crippen LogP contribution in [0.15, 0.2) is 89.8 Å². The molecule has 2 heterocycles. The van der Waals surface area contributed by atoms with Crippen molar-refractivity contribution in [3.63, 3.8) is 0 Å². The van der Waals surface area contributed by atoms with Crippen molar-refractivity contribution in [1.29, 1.82) is 0 Å². The summed E-state index contributed by atoms with van der Waals surface area (Å²) in [7, 11) is -8.82. The molecule has 10 nitrogen and oxygen atoms in total. The molecule has 2 aliphatic rings. The third kappa shape index (κ3) is 13.9. The largest absolute Gasteiger partial charge is 0.497 e. The molecule has 2 aliphatic heterocycles. The Bertz CT molecular complexity index is 1970. The molecule has 0 aliphatic carbocycles. The van der Waals surface area contributed by atoms with Crippen LogP contribution in [0.25, 0.3) is 0 Å². The molecule has 1 unspecified atom stereocenters. The van der Waals surface area contributed by atoms with Gasteiger partial charge in [0.15, 0.2) is 41.1 Å². The van der Waals surface area contributed by atoms with Gasteiger partial charge >= 0.3 is 0 Å². The highest BCUT2D eigenvalue weighted by Crippen LogP contribution is 2.47. The van der Waals surface area contributed by atoms with E-state index in [1.54, 1.807) is 31.4 Å². The topological polar surface area (TPSA) is 108 Å². The fraction of sp³-hybridized carbons (Fsp3) is 0.625. The molecule has 0 saturated carbocycles. The predicted molar refractivity (Wildman–Crippen MR) is 255 cm³/mol. The van der Waals surface area contributed by atoms with Gasteiger partial charge in [0.1, 0.15) is 18.0 Å². The van der Waals surface area contributed by atoms with Gasteiger partial charge in [-0.15, -0.1) is 0 Å². The first-order valence-corrected chi connectivity index (χ1v) is 33.7. The maximum atomic E-state index is 13.8. The Morgan fingerprint density at radius 3 is 2.02 bits per heavy atom. The van der Waals surface area contributed by atoms with Crippen molar-refractivity contribution in [1.82, 2.24) is 0 Å². The molecular formula is C48H76O10SSi3. The summed E-state index contributed by atoms with van der Waals surface area (Å²) in [6, 6.07) is 26.6. The zero-order valence-corrected chi connectivity index (χ0v) is 43.8. The van der Waals surface area contributed by atoms with Crippen LogP contribution >= 0.6 is 0 Å². The normalized spacial score (nSPS) is 24.9. The lowest BCUT2D eigenvalue weighted by Crippen LogP contribution is -2.54. The molecule has 346 valence electrons. The summed E-state index contributed by atoms with van der Waals surface area (Å²) < 4.78 is 82.5. The lowest BCUT2D eigenvalue weighted by molar-refractivity contribution is -0.271. The Hall–Kier alpha value is -2.22. The zero-order chi connectivity index (χ0) is 45.8. The molecule has 5 rings (SSSR count). The van der Waals surface area contributed by atoms with E-state index in [4.69, 9.17) is 37.0 Å². The van der Waals surface area contributed by atoms with E-state index >= 15 is 0 Å². The van der Waals surface area contributed by atoms with Crippen molar-refractivity contribution in [2.75, 3.05) is 19.5 Å². The molecule has 0 bridgehead atoms. The van der Waals surface area contributed by atoms with E-state index in [1.165, 1.54) is 0 Å². The number of methoxy groups -OCH3 is 1. The van der Waals surface area contributed by atoms with Crippen molar-refractivity contribution in [3.8, 4) is 5.75 Å². The Balaban J connectivity index is 1.57. The number of benzene rings is 3. The minimum absolute atomic E-state index is 0.0598. The summed E-state index contributed by atoms with van der Waals surface area (Å²) in [5.74, 6) is 0.718. The Morgan fingerprint density at radius 1 is 0.839 bits per heavy atom. The fourth-order valence-electron chi connectivity index (χ4n) is 8.40. The molecule has 3 aromatic carbocycles. The molecule has 2 fully saturated rings. The van der Waals surface area contributed by atoms with E-state index < -0.39 is 70.6 Å². The fourth-order valence-corrected chi connectivity index (χ4v) is 14.0. The first-order valence-electron chi connectivity index (χ1n) is 22.3. The van der Waals surface area contributed by atoms with Crippen LogP contribution in [0.2, 0.25) is 57.4 Å². The molecule has 62 heavy (non-hydrogen) atoms. The van der Waals surface area contributed by atoms with Gasteiger partial charge in [-0.1, -0.05) is 81.4 Å². The first-order chi connectivity index (χ1) is 28.7. The second kappa shape index (κ2) is 20.1. The second-order valence-electron chi connectivity index (χ2n) is 21.2. The van der Waals surface area contributed by atoms with Gasteiger partial charge in [0.05, 0.1) is 60.5 Å². The standard InChI is InChI=1S/C48H76O10SSi3/c1-46(2,3)62(13,14)57-42-34-48(5,44(53-35-36-25-27-38(51-6)28-26-36)40-29-31-52-45(54-40)37-21-17-15-18-22-37)55-43(42)41(56-60(7,8)9)33-47(4,58-61(10,11)12)30-32-59(49,50)39-23-19-16-20-24-39/h15-28,40-45H,29-35H2,1-14H3/t40?,41-,42+,43-,44+,45+,47+,48-/m1/s1. The number of hydrogen-bond acceptors (Lipinski definition) is 10. The quantitative estimate of drug-likeness (QED) is 0.102. The smallest absolute Gasteiger partial charge is 0.192 e. The van der Waals surface area contributed by atoms with E-state index in [9.17, 15) is 8.42 Å². The highest BCUT2D eigenvalue weighted by molar-refractivity contribution is 7.91. The Morgan fingerprint density at radius 2 is 1.45 bits per heavy atom. The van der Waals surface area contributed by atoms with Crippen LogP contribution in [0.1, 0.15) is 77.7 Å². The SMILES string of the molecule is COc1ccc(CO[C@@H](C2CCO[C@H](c3ccccc3)O2)[C@@]2(C)C[C@H](O[Si](C)(C)C(C)(C)C)[C@@H]([C@@H](C[C@](C)(CCS(=O)(=O)c3ccccc3)O[Si](C)(C)C)O[Si](C)(C)C)O2)cc1. The van der Waals surface area contributed by atoms with Gasteiger partial charge in [-0.25, -0.2) is 8.42 Å². The summed E-state index contributed by atoms with van der Waals surface area (Å²) in [4.78, 5) is 0.313. The van der Waals surface area contributed by atoms with Crippen molar-refractivity contribution < 1.29 is 45.4 Å². The minimum atomic E-state index is -3.59. The van der Waals surface area contributed by atoms with Gasteiger partial charge in [0.25, 0.3) is 0 Å². The highest BCUT2D eigenvalue weighted by atomic mass is 32.2. The van der Waals surface area contributed by atoms with Crippen LogP contribution in [0.3, 0.4) is 0 Å². The first kappa shape index (κ1) is 50.8. The average Bonchev–Trinajstić information content (AvgIpc) is 3.52.